The summed E-state index contributed by atoms with van der Waals surface area (Å²) in [6, 6.07) is 6.56. The molecule has 2 rings (SSSR count). The lowest BCUT2D eigenvalue weighted by molar-refractivity contribution is 0.199. The predicted octanol–water partition coefficient (Wildman–Crippen LogP) is 2.00. The molecule has 6 heteroatoms. The third-order valence-corrected chi connectivity index (χ3v) is 3.44. The van der Waals surface area contributed by atoms with E-state index in [0.29, 0.717) is 19.6 Å². The Morgan fingerprint density at radius 2 is 2.16 bits per heavy atom. The molecule has 0 aliphatic carbocycles. The standard InChI is InChI=1S/C13H16FN3OS/c1-18-6-5-15-9-13-17-16-12(19-13)8-10-3-2-4-11(14)7-10/h2-4,7,15H,5-6,8-9H2,1H3. The fourth-order valence-electron chi connectivity index (χ4n) is 1.62. The topological polar surface area (TPSA) is 47.0 Å². The van der Waals surface area contributed by atoms with Crippen molar-refractivity contribution in [1.82, 2.24) is 15.5 Å². The Labute approximate surface area is 115 Å². The number of methoxy groups -OCH3 is 1. The lowest BCUT2D eigenvalue weighted by Gasteiger charge is -1.99. The van der Waals surface area contributed by atoms with Crippen LogP contribution in [0.3, 0.4) is 0 Å². The van der Waals surface area contributed by atoms with Gasteiger partial charge >= 0.3 is 0 Å². The van der Waals surface area contributed by atoms with Crippen molar-refractivity contribution in [3.05, 3.63) is 45.7 Å². The van der Waals surface area contributed by atoms with Gasteiger partial charge in [-0.15, -0.1) is 10.2 Å². The van der Waals surface area contributed by atoms with Crippen LogP contribution in [0.2, 0.25) is 0 Å². The van der Waals surface area contributed by atoms with E-state index in [0.717, 1.165) is 22.1 Å². The quantitative estimate of drug-likeness (QED) is 0.789. The molecular weight excluding hydrogens is 265 g/mol. The summed E-state index contributed by atoms with van der Waals surface area (Å²) in [6.07, 6.45) is 0.619. The molecule has 0 atom stereocenters. The highest BCUT2D eigenvalue weighted by atomic mass is 32.1. The maximum atomic E-state index is 13.1. The molecule has 0 amide bonds. The lowest BCUT2D eigenvalue weighted by Crippen LogP contribution is -2.18. The Bertz CT molecular complexity index is 518. The Morgan fingerprint density at radius 1 is 1.32 bits per heavy atom. The van der Waals surface area contributed by atoms with E-state index < -0.39 is 0 Å². The van der Waals surface area contributed by atoms with Gasteiger partial charge in [-0.05, 0) is 17.7 Å². The van der Waals surface area contributed by atoms with Gasteiger partial charge in [-0.1, -0.05) is 23.5 Å². The van der Waals surface area contributed by atoms with Crippen molar-refractivity contribution in [2.24, 2.45) is 0 Å². The van der Waals surface area contributed by atoms with E-state index >= 15 is 0 Å². The Kier molecular flexibility index (Phi) is 5.38. The average Bonchev–Trinajstić information content (AvgIpc) is 2.82. The number of hydrogen-bond acceptors (Lipinski definition) is 5. The van der Waals surface area contributed by atoms with Crippen molar-refractivity contribution in [1.29, 1.82) is 0 Å². The Balaban J connectivity index is 1.87. The van der Waals surface area contributed by atoms with Crippen LogP contribution < -0.4 is 5.32 Å². The van der Waals surface area contributed by atoms with Crippen LogP contribution in [0, 0.1) is 5.82 Å². The maximum absolute atomic E-state index is 13.1. The van der Waals surface area contributed by atoms with Gasteiger partial charge < -0.3 is 10.1 Å². The minimum atomic E-state index is -0.219. The van der Waals surface area contributed by atoms with Crippen molar-refractivity contribution >= 4 is 11.3 Å². The number of hydrogen-bond donors (Lipinski definition) is 1. The second kappa shape index (κ2) is 7.28. The van der Waals surface area contributed by atoms with E-state index in [1.807, 2.05) is 6.07 Å². The zero-order valence-corrected chi connectivity index (χ0v) is 11.5. The second-order valence-corrected chi connectivity index (χ2v) is 5.21. The molecule has 0 aliphatic rings. The van der Waals surface area contributed by atoms with Crippen molar-refractivity contribution in [3.8, 4) is 0 Å². The SMILES string of the molecule is COCCNCc1nnc(Cc2cccc(F)c2)s1. The highest BCUT2D eigenvalue weighted by molar-refractivity contribution is 7.11. The summed E-state index contributed by atoms with van der Waals surface area (Å²) in [7, 11) is 1.67. The number of nitrogens with zero attached hydrogens (tertiary/aromatic N) is 2. The normalized spacial score (nSPS) is 10.8. The first-order valence-electron chi connectivity index (χ1n) is 6.03. The van der Waals surface area contributed by atoms with Crippen molar-refractivity contribution in [3.63, 3.8) is 0 Å². The van der Waals surface area contributed by atoms with Gasteiger partial charge in [0.2, 0.25) is 0 Å². The molecule has 0 aliphatic heterocycles. The van der Waals surface area contributed by atoms with Crippen LogP contribution in [0.4, 0.5) is 4.39 Å². The van der Waals surface area contributed by atoms with Gasteiger partial charge in [-0.2, -0.15) is 0 Å². The fraction of sp³-hybridized carbons (Fsp3) is 0.385. The van der Waals surface area contributed by atoms with Crippen LogP contribution in [0.1, 0.15) is 15.6 Å². The largest absolute Gasteiger partial charge is 0.383 e. The maximum Gasteiger partial charge on any atom is 0.131 e. The predicted molar refractivity (Wildman–Crippen MR) is 72.7 cm³/mol. The summed E-state index contributed by atoms with van der Waals surface area (Å²) < 4.78 is 18.0. The molecule has 0 spiro atoms. The summed E-state index contributed by atoms with van der Waals surface area (Å²) in [5.41, 5.74) is 0.912. The summed E-state index contributed by atoms with van der Waals surface area (Å²) in [6.45, 7) is 2.15. The molecule has 0 radical (unpaired) electrons. The molecule has 0 unspecified atom stereocenters. The molecule has 0 saturated heterocycles. The van der Waals surface area contributed by atoms with Crippen molar-refractivity contribution in [2.45, 2.75) is 13.0 Å². The summed E-state index contributed by atoms with van der Waals surface area (Å²) in [5.74, 6) is -0.219. The zero-order chi connectivity index (χ0) is 13.5. The lowest BCUT2D eigenvalue weighted by atomic mass is 10.1. The second-order valence-electron chi connectivity index (χ2n) is 4.07. The van der Waals surface area contributed by atoms with Crippen LogP contribution in [-0.2, 0) is 17.7 Å². The molecule has 0 saturated carbocycles. The molecule has 1 aromatic carbocycles. The van der Waals surface area contributed by atoms with Gasteiger partial charge in [0.05, 0.1) is 6.61 Å². The first-order chi connectivity index (χ1) is 9.28. The highest BCUT2D eigenvalue weighted by Crippen LogP contribution is 2.15. The summed E-state index contributed by atoms with van der Waals surface area (Å²) >= 11 is 1.54. The highest BCUT2D eigenvalue weighted by Gasteiger charge is 2.05. The van der Waals surface area contributed by atoms with Crippen LogP contribution >= 0.6 is 11.3 Å². The number of aromatic nitrogens is 2. The third-order valence-electron chi connectivity index (χ3n) is 2.51. The Morgan fingerprint density at radius 3 is 2.95 bits per heavy atom. The smallest absolute Gasteiger partial charge is 0.131 e. The molecule has 1 N–H and O–H groups in total. The zero-order valence-electron chi connectivity index (χ0n) is 10.7. The molecule has 4 nitrogen and oxygen atoms in total. The van der Waals surface area contributed by atoms with E-state index in [-0.39, 0.29) is 5.82 Å². The van der Waals surface area contributed by atoms with E-state index in [9.17, 15) is 4.39 Å². The number of benzene rings is 1. The van der Waals surface area contributed by atoms with Gasteiger partial charge in [-0.3, -0.25) is 0 Å². The minimum Gasteiger partial charge on any atom is -0.383 e. The number of ether oxygens (including phenoxy) is 1. The molecule has 2 aromatic rings. The van der Waals surface area contributed by atoms with Crippen LogP contribution in [0.15, 0.2) is 24.3 Å². The monoisotopic (exact) mass is 281 g/mol. The van der Waals surface area contributed by atoms with Gasteiger partial charge in [0.1, 0.15) is 15.8 Å². The van der Waals surface area contributed by atoms with Gasteiger partial charge in [0, 0.05) is 26.6 Å². The van der Waals surface area contributed by atoms with Gasteiger partial charge in [-0.25, -0.2) is 4.39 Å². The molecule has 1 heterocycles. The van der Waals surface area contributed by atoms with E-state index in [1.165, 1.54) is 12.1 Å². The van der Waals surface area contributed by atoms with Crippen LogP contribution in [0.5, 0.6) is 0 Å². The minimum absolute atomic E-state index is 0.219. The average molecular weight is 281 g/mol. The molecular formula is C13H16FN3OS. The number of nitrogens with one attached hydrogen (secondary N) is 1. The Hall–Kier alpha value is -1.37. The summed E-state index contributed by atoms with van der Waals surface area (Å²) in [4.78, 5) is 0. The van der Waals surface area contributed by atoms with Crippen LogP contribution in [0.25, 0.3) is 0 Å². The van der Waals surface area contributed by atoms with Crippen molar-refractivity contribution in [2.75, 3.05) is 20.3 Å². The molecule has 1 aromatic heterocycles. The molecule has 102 valence electrons. The number of halogens is 1. The van der Waals surface area contributed by atoms with Gasteiger partial charge in [0.25, 0.3) is 0 Å². The number of rotatable bonds is 7. The van der Waals surface area contributed by atoms with E-state index in [4.69, 9.17) is 4.74 Å². The summed E-state index contributed by atoms with van der Waals surface area (Å²) in [5, 5.41) is 13.3. The van der Waals surface area contributed by atoms with E-state index in [1.54, 1.807) is 24.5 Å². The van der Waals surface area contributed by atoms with Crippen molar-refractivity contribution < 1.29 is 9.13 Å². The fourth-order valence-corrected chi connectivity index (χ4v) is 2.47. The third kappa shape index (κ3) is 4.66. The van der Waals surface area contributed by atoms with E-state index in [2.05, 4.69) is 15.5 Å². The van der Waals surface area contributed by atoms with Gasteiger partial charge in [0.15, 0.2) is 0 Å². The molecule has 0 bridgehead atoms. The molecule has 19 heavy (non-hydrogen) atoms. The molecule has 0 fully saturated rings. The first kappa shape index (κ1) is 14.0. The first-order valence-corrected chi connectivity index (χ1v) is 6.85. The van der Waals surface area contributed by atoms with Crippen LogP contribution in [-0.4, -0.2) is 30.5 Å².